The first-order chi connectivity index (χ1) is 8.95. The smallest absolute Gasteiger partial charge is 0.354 e. The highest BCUT2D eigenvalue weighted by Crippen LogP contribution is 2.36. The van der Waals surface area contributed by atoms with Crippen LogP contribution in [0.15, 0.2) is 12.1 Å². The van der Waals surface area contributed by atoms with Crippen LogP contribution in [0.5, 0.6) is 0 Å². The lowest BCUT2D eigenvalue weighted by molar-refractivity contribution is -0.137. The van der Waals surface area contributed by atoms with Crippen molar-refractivity contribution in [1.82, 2.24) is 4.98 Å². The van der Waals surface area contributed by atoms with Gasteiger partial charge in [0.25, 0.3) is 0 Å². The number of nitrogens with zero attached hydrogens (tertiary/aromatic N) is 2. The molecule has 1 saturated carbocycles. The zero-order valence-corrected chi connectivity index (χ0v) is 10.7. The van der Waals surface area contributed by atoms with Crippen LogP contribution < -0.4 is 16.2 Å². The van der Waals surface area contributed by atoms with Gasteiger partial charge in [-0.25, -0.2) is 10.8 Å². The summed E-state index contributed by atoms with van der Waals surface area (Å²) < 4.78 is 38.5. The summed E-state index contributed by atoms with van der Waals surface area (Å²) in [6.07, 6.45) is -1.53. The topological polar surface area (TPSA) is 54.2 Å². The summed E-state index contributed by atoms with van der Waals surface area (Å²) in [4.78, 5) is 6.06. The first-order valence-corrected chi connectivity index (χ1v) is 6.28. The van der Waals surface area contributed by atoms with Crippen LogP contribution in [-0.4, -0.2) is 17.6 Å². The molecule has 1 aliphatic carbocycles. The second-order valence-corrected chi connectivity index (χ2v) is 4.67. The monoisotopic (exact) mass is 274 g/mol. The third kappa shape index (κ3) is 3.28. The Bertz CT molecular complexity index is 443. The van der Waals surface area contributed by atoms with Crippen molar-refractivity contribution in [3.63, 3.8) is 0 Å². The van der Waals surface area contributed by atoms with Crippen molar-refractivity contribution in [1.29, 1.82) is 0 Å². The van der Waals surface area contributed by atoms with E-state index in [1.54, 1.807) is 0 Å². The van der Waals surface area contributed by atoms with Crippen LogP contribution in [0.1, 0.15) is 31.7 Å². The number of halogens is 3. The van der Waals surface area contributed by atoms with Gasteiger partial charge in [-0.15, -0.1) is 0 Å². The van der Waals surface area contributed by atoms with Gasteiger partial charge in [-0.05, 0) is 31.4 Å². The molecule has 0 bridgehead atoms. The molecular weight excluding hydrogens is 257 g/mol. The van der Waals surface area contributed by atoms with E-state index in [1.807, 2.05) is 11.8 Å². The van der Waals surface area contributed by atoms with E-state index in [4.69, 9.17) is 5.84 Å². The maximum atomic E-state index is 12.8. The highest BCUT2D eigenvalue weighted by atomic mass is 19.4. The van der Waals surface area contributed by atoms with E-state index in [9.17, 15) is 13.2 Å². The minimum absolute atomic E-state index is 0.0339. The number of hydrogen-bond donors (Lipinski definition) is 2. The number of pyridine rings is 1. The lowest BCUT2D eigenvalue weighted by Crippen LogP contribution is -2.28. The van der Waals surface area contributed by atoms with Gasteiger partial charge in [0, 0.05) is 12.6 Å². The zero-order valence-electron chi connectivity index (χ0n) is 10.7. The molecule has 1 aromatic heterocycles. The van der Waals surface area contributed by atoms with Gasteiger partial charge in [-0.2, -0.15) is 13.2 Å². The molecule has 0 saturated heterocycles. The summed E-state index contributed by atoms with van der Waals surface area (Å²) in [6, 6.07) is 2.32. The number of aromatic nitrogens is 1. The van der Waals surface area contributed by atoms with Gasteiger partial charge in [0.05, 0.1) is 5.56 Å². The van der Waals surface area contributed by atoms with Crippen LogP contribution >= 0.6 is 0 Å². The van der Waals surface area contributed by atoms with Gasteiger partial charge in [-0.1, -0.05) is 6.92 Å². The maximum absolute atomic E-state index is 12.8. The maximum Gasteiger partial charge on any atom is 0.416 e. The molecule has 1 aliphatic rings. The predicted molar refractivity (Wildman–Crippen MR) is 67.7 cm³/mol. The Morgan fingerprint density at radius 3 is 2.58 bits per heavy atom. The lowest BCUT2D eigenvalue weighted by atomic mass is 10.2. The van der Waals surface area contributed by atoms with Crippen molar-refractivity contribution in [2.24, 2.45) is 5.84 Å². The number of hydrazine groups is 1. The summed E-state index contributed by atoms with van der Waals surface area (Å²) in [7, 11) is 0. The molecule has 2 rings (SSSR count). The standard InChI is InChI=1S/C12H17F3N4/c1-2-5-19(9-3-4-9)11-7-8(12(13,14)15)6-10(17-11)18-16/h6-7,9H,2-5,16H2,1H3,(H,17,18). The minimum atomic E-state index is -4.40. The number of alkyl halides is 3. The average molecular weight is 274 g/mol. The van der Waals surface area contributed by atoms with Crippen molar-refractivity contribution < 1.29 is 13.2 Å². The SMILES string of the molecule is CCCN(c1cc(C(F)(F)F)cc(NN)n1)C1CC1. The quantitative estimate of drug-likeness (QED) is 0.640. The largest absolute Gasteiger partial charge is 0.416 e. The summed E-state index contributed by atoms with van der Waals surface area (Å²) >= 11 is 0. The molecule has 3 N–H and O–H groups in total. The second-order valence-electron chi connectivity index (χ2n) is 4.67. The molecule has 0 aliphatic heterocycles. The zero-order chi connectivity index (χ0) is 14.0. The van der Waals surface area contributed by atoms with Crippen molar-refractivity contribution in [3.8, 4) is 0 Å². The Labute approximate surface area is 109 Å². The molecule has 4 nitrogen and oxygen atoms in total. The van der Waals surface area contributed by atoms with Crippen LogP contribution in [0.2, 0.25) is 0 Å². The van der Waals surface area contributed by atoms with Crippen LogP contribution in [0.25, 0.3) is 0 Å². The summed E-state index contributed by atoms with van der Waals surface area (Å²) in [5.41, 5.74) is 1.47. The first kappa shape index (κ1) is 13.9. The van der Waals surface area contributed by atoms with Crippen molar-refractivity contribution in [2.75, 3.05) is 16.9 Å². The van der Waals surface area contributed by atoms with E-state index in [1.165, 1.54) is 0 Å². The normalized spacial score (nSPS) is 15.4. The molecule has 1 heterocycles. The summed E-state index contributed by atoms with van der Waals surface area (Å²) in [5.74, 6) is 5.57. The fourth-order valence-electron chi connectivity index (χ4n) is 2.01. The molecule has 1 aromatic rings. The molecule has 0 amide bonds. The Balaban J connectivity index is 2.37. The van der Waals surface area contributed by atoms with E-state index >= 15 is 0 Å². The molecule has 106 valence electrons. The van der Waals surface area contributed by atoms with Crippen molar-refractivity contribution >= 4 is 11.6 Å². The van der Waals surface area contributed by atoms with E-state index in [0.29, 0.717) is 18.4 Å². The number of anilines is 2. The highest BCUT2D eigenvalue weighted by molar-refractivity contribution is 5.52. The Morgan fingerprint density at radius 1 is 1.42 bits per heavy atom. The molecule has 0 spiro atoms. The molecular formula is C12H17F3N4. The third-order valence-corrected chi connectivity index (χ3v) is 3.03. The van der Waals surface area contributed by atoms with Gasteiger partial charge in [0.15, 0.2) is 0 Å². The van der Waals surface area contributed by atoms with Gasteiger partial charge in [0.1, 0.15) is 11.6 Å². The van der Waals surface area contributed by atoms with Crippen LogP contribution in [0.4, 0.5) is 24.8 Å². The molecule has 0 aromatic carbocycles. The fourth-order valence-corrected chi connectivity index (χ4v) is 2.01. The van der Waals surface area contributed by atoms with E-state index in [0.717, 1.165) is 31.4 Å². The van der Waals surface area contributed by atoms with E-state index in [2.05, 4.69) is 10.4 Å². The number of nitrogens with two attached hydrogens (primary N) is 1. The van der Waals surface area contributed by atoms with Crippen LogP contribution in [0.3, 0.4) is 0 Å². The predicted octanol–water partition coefficient (Wildman–Crippen LogP) is 2.76. The molecule has 7 heteroatoms. The number of nitrogens with one attached hydrogen (secondary N) is 1. The first-order valence-electron chi connectivity index (χ1n) is 6.28. The van der Waals surface area contributed by atoms with Crippen LogP contribution in [-0.2, 0) is 6.18 Å². The van der Waals surface area contributed by atoms with E-state index in [-0.39, 0.29) is 5.82 Å². The summed E-state index contributed by atoms with van der Waals surface area (Å²) in [6.45, 7) is 2.69. The van der Waals surface area contributed by atoms with Gasteiger partial charge >= 0.3 is 6.18 Å². The summed E-state index contributed by atoms with van der Waals surface area (Å²) in [5, 5.41) is 0. The molecule has 0 radical (unpaired) electrons. The Kier molecular flexibility index (Phi) is 3.84. The number of hydrogen-bond acceptors (Lipinski definition) is 4. The average Bonchev–Trinajstić information content (AvgIpc) is 3.18. The lowest BCUT2D eigenvalue weighted by Gasteiger charge is -2.24. The van der Waals surface area contributed by atoms with E-state index < -0.39 is 11.7 Å². The Morgan fingerprint density at radius 2 is 2.11 bits per heavy atom. The van der Waals surface area contributed by atoms with Crippen molar-refractivity contribution in [2.45, 2.75) is 38.4 Å². The molecule has 19 heavy (non-hydrogen) atoms. The molecule has 0 unspecified atom stereocenters. The minimum Gasteiger partial charge on any atom is -0.354 e. The number of rotatable bonds is 5. The van der Waals surface area contributed by atoms with Gasteiger partial charge < -0.3 is 10.3 Å². The molecule has 1 fully saturated rings. The highest BCUT2D eigenvalue weighted by Gasteiger charge is 2.34. The van der Waals surface area contributed by atoms with Gasteiger partial charge in [0.2, 0.25) is 0 Å². The Hall–Kier alpha value is -1.50. The third-order valence-electron chi connectivity index (χ3n) is 3.03. The number of nitrogen functional groups attached to an aromatic ring is 1. The van der Waals surface area contributed by atoms with Crippen molar-refractivity contribution in [3.05, 3.63) is 17.7 Å². The fraction of sp³-hybridized carbons (Fsp3) is 0.583. The molecule has 0 atom stereocenters. The van der Waals surface area contributed by atoms with Gasteiger partial charge in [-0.3, -0.25) is 0 Å². The second kappa shape index (κ2) is 5.24. The van der Waals surface area contributed by atoms with Crippen LogP contribution in [0, 0.1) is 0 Å².